The predicted molar refractivity (Wildman–Crippen MR) is 100 cm³/mol. The summed E-state index contributed by atoms with van der Waals surface area (Å²) >= 11 is 0. The van der Waals surface area contributed by atoms with Crippen molar-refractivity contribution in [2.75, 3.05) is 10.6 Å². The van der Waals surface area contributed by atoms with E-state index in [9.17, 15) is 0 Å². The van der Waals surface area contributed by atoms with Gasteiger partial charge in [0.25, 0.3) is 0 Å². The number of imidazole rings is 1. The number of pyridine rings is 1. The van der Waals surface area contributed by atoms with E-state index in [-0.39, 0.29) is 7.43 Å². The van der Waals surface area contributed by atoms with Crippen LogP contribution in [-0.2, 0) is 0 Å². The Bertz CT molecular complexity index is 1030. The average molecular weight is 333 g/mol. The summed E-state index contributed by atoms with van der Waals surface area (Å²) < 4.78 is 0. The van der Waals surface area contributed by atoms with Gasteiger partial charge in [0.1, 0.15) is 11.3 Å². The molecule has 5 rings (SSSR count). The Labute approximate surface area is 144 Å². The molecule has 3 aromatic heterocycles. The third-order valence-corrected chi connectivity index (χ3v) is 4.11. The fraction of sp³-hybridized carbons (Fsp3) is 0.222. The molecule has 0 bridgehead atoms. The van der Waals surface area contributed by atoms with Crippen LogP contribution in [0.5, 0.6) is 0 Å². The standard InChI is InChI=1S/C17H15N7.CH4/c1-2-4-12-10(3-1)7-8-18-14(12)22-17-23-15-13(19-9-20-15)16(24-17)21-11-5-6-11;/h1-4,7-9,11H,5-6H2,(H3,18,19,20,21,22,23,24);1H4. The molecule has 25 heavy (non-hydrogen) atoms. The van der Waals surface area contributed by atoms with Gasteiger partial charge < -0.3 is 15.6 Å². The molecule has 0 aliphatic heterocycles. The van der Waals surface area contributed by atoms with E-state index < -0.39 is 0 Å². The first kappa shape index (κ1) is 15.3. The van der Waals surface area contributed by atoms with Crippen molar-refractivity contribution in [3.8, 4) is 0 Å². The lowest BCUT2D eigenvalue weighted by Crippen LogP contribution is -2.07. The molecule has 0 saturated heterocycles. The molecule has 4 aromatic rings. The maximum Gasteiger partial charge on any atom is 0.232 e. The summed E-state index contributed by atoms with van der Waals surface area (Å²) in [5.74, 6) is 2.00. The Hall–Kier alpha value is -3.22. The lowest BCUT2D eigenvalue weighted by atomic mass is 10.1. The lowest BCUT2D eigenvalue weighted by Gasteiger charge is -2.10. The zero-order valence-corrected chi connectivity index (χ0v) is 12.8. The molecule has 7 heteroatoms. The van der Waals surface area contributed by atoms with Gasteiger partial charge in [-0.15, -0.1) is 0 Å². The Balaban J connectivity index is 0.00000157. The van der Waals surface area contributed by atoms with E-state index in [4.69, 9.17) is 0 Å². The minimum Gasteiger partial charge on any atom is -0.365 e. The van der Waals surface area contributed by atoms with Crippen molar-refractivity contribution in [3.05, 3.63) is 42.9 Å². The van der Waals surface area contributed by atoms with Crippen molar-refractivity contribution in [3.63, 3.8) is 0 Å². The molecule has 1 aliphatic carbocycles. The second-order valence-corrected chi connectivity index (χ2v) is 5.92. The maximum atomic E-state index is 4.61. The van der Waals surface area contributed by atoms with Gasteiger partial charge >= 0.3 is 0 Å². The summed E-state index contributed by atoms with van der Waals surface area (Å²) in [6, 6.07) is 10.6. The van der Waals surface area contributed by atoms with Crippen molar-refractivity contribution in [2.24, 2.45) is 0 Å². The van der Waals surface area contributed by atoms with Crippen LogP contribution in [-0.4, -0.2) is 31.0 Å². The Kier molecular flexibility index (Phi) is 3.68. The number of H-pyrrole nitrogens is 1. The molecule has 0 amide bonds. The van der Waals surface area contributed by atoms with E-state index in [2.05, 4.69) is 41.6 Å². The highest BCUT2D eigenvalue weighted by Gasteiger charge is 2.23. The number of anilines is 3. The van der Waals surface area contributed by atoms with Crippen molar-refractivity contribution in [1.82, 2.24) is 24.9 Å². The van der Waals surface area contributed by atoms with Gasteiger partial charge in [0, 0.05) is 17.6 Å². The lowest BCUT2D eigenvalue weighted by molar-refractivity contribution is 1.10. The normalized spacial score (nSPS) is 13.6. The molecule has 126 valence electrons. The number of rotatable bonds is 4. The van der Waals surface area contributed by atoms with E-state index in [1.807, 2.05) is 24.3 Å². The van der Waals surface area contributed by atoms with Crippen LogP contribution < -0.4 is 10.6 Å². The fourth-order valence-electron chi connectivity index (χ4n) is 2.74. The first-order chi connectivity index (χ1) is 11.9. The van der Waals surface area contributed by atoms with Crippen LogP contribution in [0.25, 0.3) is 21.9 Å². The van der Waals surface area contributed by atoms with E-state index in [1.54, 1.807) is 12.5 Å². The molecule has 0 spiro atoms. The van der Waals surface area contributed by atoms with Crippen LogP contribution in [0, 0.1) is 0 Å². The molecule has 3 N–H and O–H groups in total. The summed E-state index contributed by atoms with van der Waals surface area (Å²) in [7, 11) is 0. The second-order valence-electron chi connectivity index (χ2n) is 5.92. The maximum absolute atomic E-state index is 4.61. The van der Waals surface area contributed by atoms with Crippen LogP contribution in [0.15, 0.2) is 42.9 Å². The minimum atomic E-state index is 0. The van der Waals surface area contributed by atoms with Gasteiger partial charge in [0.05, 0.1) is 6.33 Å². The van der Waals surface area contributed by atoms with E-state index in [1.165, 1.54) is 12.8 Å². The summed E-state index contributed by atoms with van der Waals surface area (Å²) in [6.45, 7) is 0. The van der Waals surface area contributed by atoms with Crippen molar-refractivity contribution >= 4 is 39.5 Å². The van der Waals surface area contributed by atoms with Crippen molar-refractivity contribution < 1.29 is 0 Å². The molecular weight excluding hydrogens is 314 g/mol. The topological polar surface area (TPSA) is 91.4 Å². The zero-order chi connectivity index (χ0) is 15.9. The van der Waals surface area contributed by atoms with Crippen LogP contribution in [0.4, 0.5) is 17.6 Å². The van der Waals surface area contributed by atoms with Gasteiger partial charge in [-0.05, 0) is 24.3 Å². The Morgan fingerprint density at radius 1 is 1.00 bits per heavy atom. The molecule has 3 heterocycles. The van der Waals surface area contributed by atoms with Gasteiger partial charge in [-0.1, -0.05) is 31.7 Å². The van der Waals surface area contributed by atoms with Crippen molar-refractivity contribution in [2.45, 2.75) is 26.3 Å². The third kappa shape index (κ3) is 2.84. The molecule has 1 aromatic carbocycles. The van der Waals surface area contributed by atoms with Gasteiger partial charge in [-0.3, -0.25) is 0 Å². The molecule has 1 saturated carbocycles. The molecule has 7 nitrogen and oxygen atoms in total. The third-order valence-electron chi connectivity index (χ3n) is 4.11. The summed E-state index contributed by atoms with van der Waals surface area (Å²) in [4.78, 5) is 20.9. The fourth-order valence-corrected chi connectivity index (χ4v) is 2.74. The molecule has 0 atom stereocenters. The Morgan fingerprint density at radius 3 is 2.76 bits per heavy atom. The quantitative estimate of drug-likeness (QED) is 0.525. The molecule has 1 fully saturated rings. The number of hydrogen-bond acceptors (Lipinski definition) is 6. The van der Waals surface area contributed by atoms with Gasteiger partial charge in [-0.25, -0.2) is 9.97 Å². The predicted octanol–water partition coefficient (Wildman–Crippen LogP) is 3.86. The highest BCUT2D eigenvalue weighted by atomic mass is 15.2. The average Bonchev–Trinajstić information content (AvgIpc) is 3.29. The van der Waals surface area contributed by atoms with Gasteiger partial charge in [0.15, 0.2) is 11.5 Å². The Morgan fingerprint density at radius 2 is 1.88 bits per heavy atom. The first-order valence-corrected chi connectivity index (χ1v) is 7.95. The highest BCUT2D eigenvalue weighted by molar-refractivity contribution is 5.93. The van der Waals surface area contributed by atoms with E-state index in [0.717, 1.165) is 27.9 Å². The van der Waals surface area contributed by atoms with E-state index >= 15 is 0 Å². The first-order valence-electron chi connectivity index (χ1n) is 7.95. The van der Waals surface area contributed by atoms with Crippen LogP contribution in [0.2, 0.25) is 0 Å². The monoisotopic (exact) mass is 333 g/mol. The number of nitrogens with one attached hydrogen (secondary N) is 3. The minimum absolute atomic E-state index is 0. The summed E-state index contributed by atoms with van der Waals surface area (Å²) in [5, 5.41) is 8.81. The second kappa shape index (κ2) is 6.01. The van der Waals surface area contributed by atoms with E-state index in [0.29, 0.717) is 17.6 Å². The molecule has 0 unspecified atom stereocenters. The number of aromatic nitrogens is 5. The molecule has 0 radical (unpaired) electrons. The number of nitrogens with zero attached hydrogens (tertiary/aromatic N) is 4. The zero-order valence-electron chi connectivity index (χ0n) is 12.8. The molecular formula is C18H19N7. The van der Waals surface area contributed by atoms with Crippen molar-refractivity contribution in [1.29, 1.82) is 0 Å². The van der Waals surface area contributed by atoms with Crippen LogP contribution in [0.1, 0.15) is 20.3 Å². The van der Waals surface area contributed by atoms with Gasteiger partial charge in [-0.2, -0.15) is 9.97 Å². The SMILES string of the molecule is C.c1ccc2c(Nc3nc(NC4CC4)c4[nH]cnc4n3)nccc2c1. The highest BCUT2D eigenvalue weighted by Crippen LogP contribution is 2.29. The van der Waals surface area contributed by atoms with Crippen LogP contribution >= 0.6 is 0 Å². The summed E-state index contributed by atoms with van der Waals surface area (Å²) in [5.41, 5.74) is 1.47. The van der Waals surface area contributed by atoms with Gasteiger partial charge in [0.2, 0.25) is 5.95 Å². The number of aromatic amines is 1. The van der Waals surface area contributed by atoms with Crippen LogP contribution in [0.3, 0.4) is 0 Å². The smallest absolute Gasteiger partial charge is 0.232 e. The number of hydrogen-bond donors (Lipinski definition) is 3. The molecule has 1 aliphatic rings. The number of benzene rings is 1. The summed E-state index contributed by atoms with van der Waals surface area (Å²) in [6.07, 6.45) is 5.76. The largest absolute Gasteiger partial charge is 0.365 e. The number of fused-ring (bicyclic) bond motifs is 2.